The number of carbonyl (C=O) groups excluding carboxylic acids is 3. The summed E-state index contributed by atoms with van der Waals surface area (Å²) >= 11 is 0. The van der Waals surface area contributed by atoms with Crippen LogP contribution in [0.1, 0.15) is 20.8 Å². The standard InChI is InChI=1S/C16H25NO6/c1-6-13(18)21-10-8-17(9-11-22-14(19)7-2)12-15(20)23-16(3,4)5/h6-7H,1-2,8-12H2,3-5H3. The fraction of sp³-hybridized carbons (Fsp3) is 0.562. The maximum atomic E-state index is 11.9. The SMILES string of the molecule is C=CC(=O)OCCN(CCOC(=O)C=C)CC(=O)OC(C)(C)C. The highest BCUT2D eigenvalue weighted by atomic mass is 16.6. The van der Waals surface area contributed by atoms with Gasteiger partial charge in [-0.2, -0.15) is 0 Å². The average Bonchev–Trinajstić information content (AvgIpc) is 2.44. The Morgan fingerprint density at radius 3 is 1.74 bits per heavy atom. The molecule has 0 N–H and O–H groups in total. The van der Waals surface area contributed by atoms with E-state index in [0.29, 0.717) is 13.1 Å². The van der Waals surface area contributed by atoms with Crippen molar-refractivity contribution in [3.63, 3.8) is 0 Å². The second kappa shape index (κ2) is 10.6. The number of carbonyl (C=O) groups is 3. The second-order valence-corrected chi connectivity index (χ2v) is 5.61. The minimum absolute atomic E-state index is 0.00541. The molecule has 0 aliphatic heterocycles. The van der Waals surface area contributed by atoms with Crippen molar-refractivity contribution in [1.29, 1.82) is 0 Å². The lowest BCUT2D eigenvalue weighted by Gasteiger charge is -2.24. The van der Waals surface area contributed by atoms with Gasteiger partial charge < -0.3 is 14.2 Å². The van der Waals surface area contributed by atoms with Crippen molar-refractivity contribution in [1.82, 2.24) is 4.90 Å². The van der Waals surface area contributed by atoms with Gasteiger partial charge in [-0.3, -0.25) is 9.69 Å². The van der Waals surface area contributed by atoms with Gasteiger partial charge in [-0.05, 0) is 20.8 Å². The number of nitrogens with zero attached hydrogens (tertiary/aromatic N) is 1. The van der Waals surface area contributed by atoms with Crippen LogP contribution in [0.5, 0.6) is 0 Å². The largest absolute Gasteiger partial charge is 0.461 e. The lowest BCUT2D eigenvalue weighted by molar-refractivity contribution is -0.156. The summed E-state index contributed by atoms with van der Waals surface area (Å²) in [4.78, 5) is 35.6. The van der Waals surface area contributed by atoms with E-state index in [0.717, 1.165) is 12.2 Å². The van der Waals surface area contributed by atoms with Crippen molar-refractivity contribution >= 4 is 17.9 Å². The molecule has 0 heterocycles. The van der Waals surface area contributed by atoms with Gasteiger partial charge in [0.1, 0.15) is 18.8 Å². The third kappa shape index (κ3) is 12.1. The van der Waals surface area contributed by atoms with Gasteiger partial charge in [0.2, 0.25) is 0 Å². The lowest BCUT2D eigenvalue weighted by Crippen LogP contribution is -2.38. The van der Waals surface area contributed by atoms with E-state index in [2.05, 4.69) is 13.2 Å². The highest BCUT2D eigenvalue weighted by Gasteiger charge is 2.19. The Labute approximate surface area is 136 Å². The minimum atomic E-state index is -0.590. The van der Waals surface area contributed by atoms with Gasteiger partial charge in [0.05, 0.1) is 6.54 Å². The summed E-state index contributed by atoms with van der Waals surface area (Å²) in [6.07, 6.45) is 2.12. The quantitative estimate of drug-likeness (QED) is 0.337. The molecule has 0 atom stereocenters. The monoisotopic (exact) mass is 327 g/mol. The maximum Gasteiger partial charge on any atom is 0.330 e. The van der Waals surface area contributed by atoms with Crippen molar-refractivity contribution in [2.24, 2.45) is 0 Å². The summed E-state index contributed by atoms with van der Waals surface area (Å²) in [6.45, 7) is 12.7. The molecule has 0 aromatic rings. The molecule has 0 spiro atoms. The molecule has 0 saturated heterocycles. The number of hydrogen-bond acceptors (Lipinski definition) is 7. The van der Waals surface area contributed by atoms with Crippen LogP contribution in [0, 0.1) is 0 Å². The highest BCUT2D eigenvalue weighted by molar-refractivity contribution is 5.81. The van der Waals surface area contributed by atoms with Gasteiger partial charge >= 0.3 is 17.9 Å². The van der Waals surface area contributed by atoms with E-state index in [1.165, 1.54) is 0 Å². The van der Waals surface area contributed by atoms with Crippen LogP contribution in [-0.2, 0) is 28.6 Å². The molecule has 0 aliphatic carbocycles. The Bertz CT molecular complexity index is 412. The van der Waals surface area contributed by atoms with E-state index in [-0.39, 0.29) is 19.8 Å². The summed E-state index contributed by atoms with van der Waals surface area (Å²) in [5, 5.41) is 0. The van der Waals surface area contributed by atoms with E-state index in [4.69, 9.17) is 14.2 Å². The molecule has 0 aromatic carbocycles. The molecule has 0 saturated carbocycles. The predicted molar refractivity (Wildman–Crippen MR) is 84.6 cm³/mol. The summed E-state index contributed by atoms with van der Waals surface area (Å²) in [5.74, 6) is -1.50. The molecule has 130 valence electrons. The first-order chi connectivity index (χ1) is 10.7. The zero-order valence-corrected chi connectivity index (χ0v) is 14.0. The van der Waals surface area contributed by atoms with E-state index in [1.807, 2.05) is 0 Å². The van der Waals surface area contributed by atoms with Crippen LogP contribution >= 0.6 is 0 Å². The van der Waals surface area contributed by atoms with E-state index >= 15 is 0 Å². The van der Waals surface area contributed by atoms with Crippen molar-refractivity contribution in [2.75, 3.05) is 32.8 Å². The smallest absolute Gasteiger partial charge is 0.330 e. The second-order valence-electron chi connectivity index (χ2n) is 5.61. The molecular formula is C16H25NO6. The number of hydrogen-bond donors (Lipinski definition) is 0. The summed E-state index contributed by atoms with van der Waals surface area (Å²) < 4.78 is 15.0. The third-order valence-electron chi connectivity index (χ3n) is 2.41. The summed E-state index contributed by atoms with van der Waals surface area (Å²) in [7, 11) is 0. The minimum Gasteiger partial charge on any atom is -0.461 e. The molecule has 7 nitrogen and oxygen atoms in total. The Hall–Kier alpha value is -2.15. The first-order valence-electron chi connectivity index (χ1n) is 7.20. The molecule has 0 bridgehead atoms. The fourth-order valence-electron chi connectivity index (χ4n) is 1.49. The van der Waals surface area contributed by atoms with Crippen LogP contribution in [0.4, 0.5) is 0 Å². The van der Waals surface area contributed by atoms with Gasteiger partial charge in [-0.25, -0.2) is 9.59 Å². The topological polar surface area (TPSA) is 82.1 Å². The van der Waals surface area contributed by atoms with Crippen LogP contribution in [0.15, 0.2) is 25.3 Å². The number of esters is 3. The Kier molecular flexibility index (Phi) is 9.57. The van der Waals surface area contributed by atoms with Crippen LogP contribution in [0.2, 0.25) is 0 Å². The van der Waals surface area contributed by atoms with Crippen LogP contribution in [0.25, 0.3) is 0 Å². The maximum absolute atomic E-state index is 11.9. The summed E-state index contributed by atoms with van der Waals surface area (Å²) in [5.41, 5.74) is -0.590. The van der Waals surface area contributed by atoms with Crippen LogP contribution in [-0.4, -0.2) is 61.3 Å². The van der Waals surface area contributed by atoms with Gasteiger partial charge in [-0.15, -0.1) is 0 Å². The molecule has 23 heavy (non-hydrogen) atoms. The lowest BCUT2D eigenvalue weighted by atomic mass is 10.2. The normalized spacial score (nSPS) is 10.8. The first-order valence-corrected chi connectivity index (χ1v) is 7.20. The van der Waals surface area contributed by atoms with Crippen molar-refractivity contribution < 1.29 is 28.6 Å². The van der Waals surface area contributed by atoms with Crippen LogP contribution < -0.4 is 0 Å². The molecular weight excluding hydrogens is 302 g/mol. The van der Waals surface area contributed by atoms with Crippen molar-refractivity contribution in [3.05, 3.63) is 25.3 Å². The molecule has 0 amide bonds. The third-order valence-corrected chi connectivity index (χ3v) is 2.41. The number of rotatable bonds is 10. The molecule has 0 unspecified atom stereocenters. The molecule has 7 heteroatoms. The Balaban J connectivity index is 4.43. The van der Waals surface area contributed by atoms with Gasteiger partial charge in [0.15, 0.2) is 0 Å². The van der Waals surface area contributed by atoms with E-state index < -0.39 is 23.5 Å². The zero-order chi connectivity index (χ0) is 17.9. The van der Waals surface area contributed by atoms with Gasteiger partial charge in [-0.1, -0.05) is 13.2 Å². The molecule has 0 aliphatic rings. The average molecular weight is 327 g/mol. The molecule has 0 radical (unpaired) electrons. The molecule has 0 rings (SSSR count). The molecule has 0 aromatic heterocycles. The zero-order valence-electron chi connectivity index (χ0n) is 14.0. The first kappa shape index (κ1) is 20.9. The number of ether oxygens (including phenoxy) is 3. The van der Waals surface area contributed by atoms with Crippen molar-refractivity contribution in [2.45, 2.75) is 26.4 Å². The van der Waals surface area contributed by atoms with Gasteiger partial charge in [0.25, 0.3) is 0 Å². The molecule has 0 fully saturated rings. The summed E-state index contributed by atoms with van der Waals surface area (Å²) in [6, 6.07) is 0. The Morgan fingerprint density at radius 1 is 0.957 bits per heavy atom. The van der Waals surface area contributed by atoms with E-state index in [1.54, 1.807) is 25.7 Å². The van der Waals surface area contributed by atoms with Crippen molar-refractivity contribution in [3.8, 4) is 0 Å². The van der Waals surface area contributed by atoms with Gasteiger partial charge in [0, 0.05) is 25.2 Å². The predicted octanol–water partition coefficient (Wildman–Crippen LogP) is 1.09. The fourth-order valence-corrected chi connectivity index (χ4v) is 1.49. The van der Waals surface area contributed by atoms with E-state index in [9.17, 15) is 14.4 Å². The Morgan fingerprint density at radius 2 is 1.39 bits per heavy atom. The van der Waals surface area contributed by atoms with Crippen LogP contribution in [0.3, 0.4) is 0 Å². The highest BCUT2D eigenvalue weighted by Crippen LogP contribution is 2.07.